The van der Waals surface area contributed by atoms with Crippen molar-refractivity contribution in [2.75, 3.05) is 13.2 Å². The van der Waals surface area contributed by atoms with E-state index in [1.165, 1.54) is 18.2 Å². The Bertz CT molecular complexity index is 883. The number of nitrogens with zero attached hydrogens (tertiary/aromatic N) is 1. The Labute approximate surface area is 162 Å². The molecule has 1 amide bonds. The van der Waals surface area contributed by atoms with Crippen molar-refractivity contribution in [3.05, 3.63) is 57.6 Å². The molecular weight excluding hydrogens is 364 g/mol. The Hall–Kier alpha value is -3.29. The quantitative estimate of drug-likeness (QED) is 0.553. The number of hydrogen-bond donors (Lipinski definition) is 1. The van der Waals surface area contributed by atoms with Crippen molar-refractivity contribution >= 4 is 11.6 Å². The lowest BCUT2D eigenvalue weighted by atomic mass is 10.1. The number of carbonyl (C=O) groups excluding carboxylic acids is 1. The molecule has 0 bridgehead atoms. The molecule has 8 nitrogen and oxygen atoms in total. The number of nitrogens with one attached hydrogen (secondary N) is 1. The van der Waals surface area contributed by atoms with Crippen LogP contribution < -0.4 is 19.5 Å². The molecule has 0 aromatic heterocycles. The van der Waals surface area contributed by atoms with Crippen LogP contribution in [0.5, 0.6) is 17.2 Å². The molecule has 0 saturated carbocycles. The van der Waals surface area contributed by atoms with Gasteiger partial charge in [-0.05, 0) is 32.0 Å². The van der Waals surface area contributed by atoms with Crippen LogP contribution in [0.25, 0.3) is 0 Å². The molecular formula is C20H22N2O6. The lowest BCUT2D eigenvalue weighted by Gasteiger charge is -2.13. The molecule has 1 atom stereocenters. The maximum Gasteiger partial charge on any atom is 0.273 e. The van der Waals surface area contributed by atoms with E-state index in [-0.39, 0.29) is 36.6 Å². The van der Waals surface area contributed by atoms with Crippen molar-refractivity contribution in [3.8, 4) is 17.2 Å². The van der Waals surface area contributed by atoms with Crippen LogP contribution in [-0.4, -0.2) is 30.1 Å². The molecule has 1 heterocycles. The van der Waals surface area contributed by atoms with Crippen LogP contribution in [0.15, 0.2) is 36.4 Å². The molecule has 28 heavy (non-hydrogen) atoms. The Balaban J connectivity index is 1.59. The molecule has 2 aromatic rings. The van der Waals surface area contributed by atoms with Gasteiger partial charge in [0.2, 0.25) is 0 Å². The largest absolute Gasteiger partial charge is 0.494 e. The van der Waals surface area contributed by atoms with Gasteiger partial charge < -0.3 is 19.5 Å². The van der Waals surface area contributed by atoms with Gasteiger partial charge >= 0.3 is 0 Å². The predicted octanol–water partition coefficient (Wildman–Crippen LogP) is 3.01. The molecule has 2 aromatic carbocycles. The zero-order valence-electron chi connectivity index (χ0n) is 15.8. The van der Waals surface area contributed by atoms with E-state index in [0.29, 0.717) is 6.61 Å². The van der Waals surface area contributed by atoms with Crippen molar-refractivity contribution in [1.82, 2.24) is 5.32 Å². The van der Waals surface area contributed by atoms with Gasteiger partial charge in [-0.15, -0.1) is 0 Å². The van der Waals surface area contributed by atoms with Crippen molar-refractivity contribution in [3.63, 3.8) is 0 Å². The van der Waals surface area contributed by atoms with Crippen molar-refractivity contribution in [1.29, 1.82) is 0 Å². The number of amides is 1. The minimum atomic E-state index is -0.515. The second kappa shape index (κ2) is 8.60. The Morgan fingerprint density at radius 2 is 2.14 bits per heavy atom. The Morgan fingerprint density at radius 3 is 2.89 bits per heavy atom. The predicted molar refractivity (Wildman–Crippen MR) is 102 cm³/mol. The average Bonchev–Trinajstić information content (AvgIpc) is 3.03. The summed E-state index contributed by atoms with van der Waals surface area (Å²) in [5, 5.41) is 13.6. The highest BCUT2D eigenvalue weighted by molar-refractivity contribution is 5.77. The topological polar surface area (TPSA) is 99.9 Å². The third-order valence-corrected chi connectivity index (χ3v) is 4.25. The summed E-state index contributed by atoms with van der Waals surface area (Å²) in [6.07, 6.45) is 0.955. The zero-order valence-corrected chi connectivity index (χ0v) is 15.8. The first-order chi connectivity index (χ1) is 13.5. The van der Waals surface area contributed by atoms with E-state index in [0.717, 1.165) is 29.0 Å². The van der Waals surface area contributed by atoms with Crippen LogP contribution in [0.2, 0.25) is 0 Å². The van der Waals surface area contributed by atoms with E-state index in [1.807, 2.05) is 26.0 Å². The molecule has 0 spiro atoms. The van der Waals surface area contributed by atoms with E-state index < -0.39 is 4.92 Å². The normalized spacial score (nSPS) is 14.7. The highest BCUT2D eigenvalue weighted by Crippen LogP contribution is 2.35. The molecule has 0 saturated heterocycles. The molecule has 1 aliphatic rings. The summed E-state index contributed by atoms with van der Waals surface area (Å²) < 4.78 is 16.8. The number of carbonyl (C=O) groups is 1. The van der Waals surface area contributed by atoms with E-state index in [1.54, 1.807) is 6.07 Å². The van der Waals surface area contributed by atoms with Crippen LogP contribution in [0.3, 0.4) is 0 Å². The van der Waals surface area contributed by atoms with Gasteiger partial charge in [-0.2, -0.15) is 0 Å². The van der Waals surface area contributed by atoms with E-state index in [4.69, 9.17) is 14.2 Å². The molecule has 148 valence electrons. The number of hydrogen-bond acceptors (Lipinski definition) is 6. The van der Waals surface area contributed by atoms with Gasteiger partial charge in [0.25, 0.3) is 11.6 Å². The summed E-state index contributed by atoms with van der Waals surface area (Å²) in [7, 11) is 0. The van der Waals surface area contributed by atoms with Crippen LogP contribution in [0.4, 0.5) is 5.69 Å². The van der Waals surface area contributed by atoms with E-state index in [2.05, 4.69) is 5.32 Å². The van der Waals surface area contributed by atoms with Crippen LogP contribution in [0, 0.1) is 10.1 Å². The fraction of sp³-hybridized carbons (Fsp3) is 0.350. The molecule has 0 fully saturated rings. The average molecular weight is 386 g/mol. The summed E-state index contributed by atoms with van der Waals surface area (Å²) in [6, 6.07) is 9.56. The molecule has 3 rings (SSSR count). The Kier molecular flexibility index (Phi) is 5.98. The highest BCUT2D eigenvalue weighted by Gasteiger charge is 2.22. The smallest absolute Gasteiger partial charge is 0.273 e. The standard InChI is InChI=1S/C20H22N2O6/c1-3-26-18-8-14-7-13(2)28-19(14)9-15(18)11-21-20(23)12-27-17-6-4-5-16(10-17)22(24)25/h4-6,8-10,13H,3,7,11-12H2,1-2H3,(H,21,23)/t13-/m1/s1. The summed E-state index contributed by atoms with van der Waals surface area (Å²) in [5.41, 5.74) is 1.82. The minimum Gasteiger partial charge on any atom is -0.494 e. The fourth-order valence-electron chi connectivity index (χ4n) is 2.99. The van der Waals surface area contributed by atoms with Gasteiger partial charge in [-0.1, -0.05) is 6.07 Å². The summed E-state index contributed by atoms with van der Waals surface area (Å²) in [6.45, 7) is 4.45. The SMILES string of the molecule is CCOc1cc2c(cc1CNC(=O)COc1cccc([N+](=O)[O-])c1)O[C@H](C)C2. The fourth-order valence-corrected chi connectivity index (χ4v) is 2.99. The third kappa shape index (κ3) is 4.70. The van der Waals surface area contributed by atoms with Gasteiger partial charge in [-0.25, -0.2) is 0 Å². The van der Waals surface area contributed by atoms with Crippen LogP contribution in [-0.2, 0) is 17.8 Å². The number of non-ortho nitro benzene ring substituents is 1. The number of rotatable bonds is 8. The first kappa shape index (κ1) is 19.5. The lowest BCUT2D eigenvalue weighted by Crippen LogP contribution is -2.28. The van der Waals surface area contributed by atoms with Gasteiger partial charge in [-0.3, -0.25) is 14.9 Å². The molecule has 1 N–H and O–H groups in total. The molecule has 0 aliphatic carbocycles. The van der Waals surface area contributed by atoms with Crippen LogP contribution in [0.1, 0.15) is 25.0 Å². The maximum atomic E-state index is 12.1. The number of nitro benzene ring substituents is 1. The van der Waals surface area contributed by atoms with Crippen molar-refractivity contribution < 1.29 is 23.9 Å². The lowest BCUT2D eigenvalue weighted by molar-refractivity contribution is -0.384. The number of nitro groups is 1. The second-order valence-electron chi connectivity index (χ2n) is 6.45. The zero-order chi connectivity index (χ0) is 20.1. The van der Waals surface area contributed by atoms with Crippen molar-refractivity contribution in [2.45, 2.75) is 32.9 Å². The highest BCUT2D eigenvalue weighted by atomic mass is 16.6. The van der Waals surface area contributed by atoms with E-state index >= 15 is 0 Å². The third-order valence-electron chi connectivity index (χ3n) is 4.25. The molecule has 0 radical (unpaired) electrons. The molecule has 8 heteroatoms. The molecule has 1 aliphatic heterocycles. The number of ether oxygens (including phenoxy) is 3. The number of benzene rings is 2. The van der Waals surface area contributed by atoms with E-state index in [9.17, 15) is 14.9 Å². The monoisotopic (exact) mass is 386 g/mol. The first-order valence-electron chi connectivity index (χ1n) is 9.05. The van der Waals surface area contributed by atoms with Crippen molar-refractivity contribution in [2.24, 2.45) is 0 Å². The van der Waals surface area contributed by atoms with Gasteiger partial charge in [0.05, 0.1) is 17.6 Å². The first-order valence-corrected chi connectivity index (χ1v) is 9.05. The summed E-state index contributed by atoms with van der Waals surface area (Å²) in [4.78, 5) is 22.4. The van der Waals surface area contributed by atoms with Crippen LogP contribution >= 0.6 is 0 Å². The minimum absolute atomic E-state index is 0.0911. The van der Waals surface area contributed by atoms with Gasteiger partial charge in [0.15, 0.2) is 6.61 Å². The van der Waals surface area contributed by atoms with Gasteiger partial charge in [0.1, 0.15) is 23.4 Å². The maximum absolute atomic E-state index is 12.1. The number of fused-ring (bicyclic) bond motifs is 1. The molecule has 0 unspecified atom stereocenters. The summed E-state index contributed by atoms with van der Waals surface area (Å²) >= 11 is 0. The summed E-state index contributed by atoms with van der Waals surface area (Å²) in [5.74, 6) is 1.45. The second-order valence-corrected chi connectivity index (χ2v) is 6.45. The Morgan fingerprint density at radius 1 is 1.32 bits per heavy atom. The van der Waals surface area contributed by atoms with Gasteiger partial charge in [0, 0.05) is 30.2 Å².